The maximum absolute atomic E-state index is 13.0. The molecule has 0 unspecified atom stereocenters. The number of nitrogens with zero attached hydrogens (tertiary/aromatic N) is 6. The van der Waals surface area contributed by atoms with Crippen LogP contribution in [0.25, 0.3) is 22.3 Å². The van der Waals surface area contributed by atoms with Crippen molar-refractivity contribution in [1.82, 2.24) is 24.6 Å². The SMILES string of the molecule is CC(C)c1ccc(NC(=O)c2cccc(-c3nn([C@@H]4CCCN(C#N)C4)c4ncnc(N)c34)c2)cc1. The number of benzene rings is 2. The van der Waals surface area contributed by atoms with Crippen LogP contribution in [0.3, 0.4) is 0 Å². The molecule has 1 aliphatic heterocycles. The van der Waals surface area contributed by atoms with Gasteiger partial charge in [-0.1, -0.05) is 38.1 Å². The zero-order valence-corrected chi connectivity index (χ0v) is 20.3. The second-order valence-corrected chi connectivity index (χ2v) is 9.40. The topological polar surface area (TPSA) is 126 Å². The zero-order chi connectivity index (χ0) is 25.2. The number of aromatic nitrogens is 4. The maximum Gasteiger partial charge on any atom is 0.255 e. The van der Waals surface area contributed by atoms with E-state index in [0.29, 0.717) is 40.6 Å². The predicted molar refractivity (Wildman–Crippen MR) is 139 cm³/mol. The van der Waals surface area contributed by atoms with Crippen molar-refractivity contribution in [2.45, 2.75) is 38.6 Å². The molecule has 3 heterocycles. The van der Waals surface area contributed by atoms with Crippen LogP contribution in [0.5, 0.6) is 0 Å². The number of nitrogen functional groups attached to an aromatic ring is 1. The Kier molecular flexibility index (Phi) is 6.25. The average Bonchev–Trinajstić information content (AvgIpc) is 3.30. The second-order valence-electron chi connectivity index (χ2n) is 9.40. The van der Waals surface area contributed by atoms with E-state index in [1.165, 1.54) is 11.9 Å². The van der Waals surface area contributed by atoms with Crippen LogP contribution in [0.2, 0.25) is 0 Å². The van der Waals surface area contributed by atoms with Crippen LogP contribution < -0.4 is 11.1 Å². The fourth-order valence-electron chi connectivity index (χ4n) is 4.66. The first-order valence-electron chi connectivity index (χ1n) is 12.1. The maximum atomic E-state index is 13.0. The third kappa shape index (κ3) is 4.45. The summed E-state index contributed by atoms with van der Waals surface area (Å²) in [4.78, 5) is 23.4. The van der Waals surface area contributed by atoms with Gasteiger partial charge in [-0.2, -0.15) is 10.4 Å². The van der Waals surface area contributed by atoms with Crippen molar-refractivity contribution in [3.8, 4) is 17.5 Å². The summed E-state index contributed by atoms with van der Waals surface area (Å²) in [6.07, 6.45) is 5.45. The third-order valence-electron chi connectivity index (χ3n) is 6.64. The summed E-state index contributed by atoms with van der Waals surface area (Å²) in [6.45, 7) is 5.58. The van der Waals surface area contributed by atoms with Crippen molar-refractivity contribution in [3.63, 3.8) is 0 Å². The first-order valence-corrected chi connectivity index (χ1v) is 12.1. The van der Waals surface area contributed by atoms with Crippen molar-refractivity contribution in [2.24, 2.45) is 0 Å². The van der Waals surface area contributed by atoms with Crippen LogP contribution in [-0.4, -0.2) is 43.6 Å². The minimum atomic E-state index is -0.209. The van der Waals surface area contributed by atoms with Crippen LogP contribution in [0, 0.1) is 11.5 Å². The summed E-state index contributed by atoms with van der Waals surface area (Å²) in [6, 6.07) is 15.2. The van der Waals surface area contributed by atoms with Crippen molar-refractivity contribution < 1.29 is 4.79 Å². The molecule has 0 aliphatic carbocycles. The number of amides is 1. The highest BCUT2D eigenvalue weighted by Crippen LogP contribution is 2.34. The van der Waals surface area contributed by atoms with Crippen LogP contribution in [0.1, 0.15) is 54.6 Å². The molecule has 36 heavy (non-hydrogen) atoms. The molecule has 1 saturated heterocycles. The van der Waals surface area contributed by atoms with Crippen molar-refractivity contribution in [3.05, 3.63) is 66.0 Å². The van der Waals surface area contributed by atoms with E-state index in [2.05, 4.69) is 35.3 Å². The van der Waals surface area contributed by atoms with E-state index in [1.807, 2.05) is 41.1 Å². The van der Waals surface area contributed by atoms with Gasteiger partial charge < -0.3 is 16.0 Å². The summed E-state index contributed by atoms with van der Waals surface area (Å²) < 4.78 is 1.86. The minimum Gasteiger partial charge on any atom is -0.383 e. The lowest BCUT2D eigenvalue weighted by molar-refractivity contribution is 0.102. The Morgan fingerprint density at radius 2 is 2.00 bits per heavy atom. The molecule has 5 rings (SSSR count). The van der Waals surface area contributed by atoms with E-state index in [0.717, 1.165) is 30.6 Å². The third-order valence-corrected chi connectivity index (χ3v) is 6.64. The summed E-state index contributed by atoms with van der Waals surface area (Å²) >= 11 is 0. The molecular weight excluding hydrogens is 452 g/mol. The van der Waals surface area contributed by atoms with Crippen LogP contribution in [0.15, 0.2) is 54.9 Å². The number of hydrogen-bond donors (Lipinski definition) is 2. The fraction of sp³-hybridized carbons (Fsp3) is 0.296. The average molecular weight is 481 g/mol. The highest BCUT2D eigenvalue weighted by atomic mass is 16.1. The Balaban J connectivity index is 1.48. The van der Waals surface area contributed by atoms with E-state index in [9.17, 15) is 10.1 Å². The van der Waals surface area contributed by atoms with Gasteiger partial charge in [0.1, 0.15) is 17.8 Å². The number of carbonyl (C=O) groups excluding carboxylic acids is 1. The Bertz CT molecular complexity index is 1450. The van der Waals surface area contributed by atoms with Gasteiger partial charge in [-0.15, -0.1) is 0 Å². The molecule has 1 amide bonds. The minimum absolute atomic E-state index is 0.00996. The Labute approximate surface area is 209 Å². The van der Waals surface area contributed by atoms with E-state index in [-0.39, 0.29) is 11.9 Å². The molecule has 2 aromatic carbocycles. The van der Waals surface area contributed by atoms with Gasteiger partial charge in [0.2, 0.25) is 0 Å². The number of fused-ring (bicyclic) bond motifs is 1. The van der Waals surface area contributed by atoms with Crippen LogP contribution in [0.4, 0.5) is 11.5 Å². The normalized spacial score (nSPS) is 15.7. The smallest absolute Gasteiger partial charge is 0.255 e. The number of rotatable bonds is 5. The number of nitrogens with two attached hydrogens (primary N) is 1. The highest BCUT2D eigenvalue weighted by molar-refractivity contribution is 6.06. The predicted octanol–water partition coefficient (Wildman–Crippen LogP) is 4.57. The largest absolute Gasteiger partial charge is 0.383 e. The standard InChI is InChI=1S/C27H28N8O/c1-17(2)18-8-10-21(11-9-18)32-27(36)20-6-3-5-19(13-20)24-23-25(29)30-16-31-26(23)35(33-24)22-7-4-12-34(14-22)15-28/h3,5-6,8-11,13,16-17,22H,4,7,12,14H2,1-2H3,(H,32,36)(H2,29,30,31)/t22-/m1/s1. The number of nitrogens with one attached hydrogen (secondary N) is 1. The molecular formula is C27H28N8O. The quantitative estimate of drug-likeness (QED) is 0.401. The summed E-state index contributed by atoms with van der Waals surface area (Å²) in [5.74, 6) is 0.544. The molecule has 182 valence electrons. The lowest BCUT2D eigenvalue weighted by Crippen LogP contribution is -2.33. The monoisotopic (exact) mass is 480 g/mol. The van der Waals surface area contributed by atoms with Gasteiger partial charge in [0.15, 0.2) is 11.8 Å². The van der Waals surface area contributed by atoms with E-state index in [1.54, 1.807) is 17.0 Å². The second kappa shape index (κ2) is 9.66. The first-order chi connectivity index (χ1) is 17.4. The number of hydrogen-bond acceptors (Lipinski definition) is 7. The Morgan fingerprint density at radius 3 is 2.75 bits per heavy atom. The molecule has 9 nitrogen and oxygen atoms in total. The first kappa shape index (κ1) is 23.3. The van der Waals surface area contributed by atoms with Gasteiger partial charge in [-0.3, -0.25) is 4.79 Å². The molecule has 0 radical (unpaired) electrons. The molecule has 4 aromatic rings. The number of anilines is 2. The van der Waals surface area contributed by atoms with Crippen molar-refractivity contribution in [1.29, 1.82) is 5.26 Å². The lowest BCUT2D eigenvalue weighted by atomic mass is 10.0. The molecule has 2 aromatic heterocycles. The molecule has 0 bridgehead atoms. The molecule has 1 fully saturated rings. The van der Waals surface area contributed by atoms with Crippen LogP contribution in [-0.2, 0) is 0 Å². The number of likely N-dealkylation sites (tertiary alicyclic amines) is 1. The van der Waals surface area contributed by atoms with Crippen molar-refractivity contribution >= 4 is 28.4 Å². The Hall–Kier alpha value is -4.45. The van der Waals surface area contributed by atoms with Crippen LogP contribution >= 0.6 is 0 Å². The van der Waals surface area contributed by atoms with Gasteiger partial charge in [0.05, 0.1) is 18.0 Å². The molecule has 9 heteroatoms. The van der Waals surface area contributed by atoms with Gasteiger partial charge in [0.25, 0.3) is 5.91 Å². The van der Waals surface area contributed by atoms with Gasteiger partial charge in [-0.25, -0.2) is 14.6 Å². The summed E-state index contributed by atoms with van der Waals surface area (Å²) in [7, 11) is 0. The van der Waals surface area contributed by atoms with E-state index < -0.39 is 0 Å². The molecule has 1 aliphatic rings. The zero-order valence-electron chi connectivity index (χ0n) is 20.3. The van der Waals surface area contributed by atoms with Gasteiger partial charge in [-0.05, 0) is 48.6 Å². The number of nitriles is 1. The summed E-state index contributed by atoms with van der Waals surface area (Å²) in [5, 5.41) is 17.9. The fourth-order valence-corrected chi connectivity index (χ4v) is 4.66. The summed E-state index contributed by atoms with van der Waals surface area (Å²) in [5.41, 5.74) is 10.7. The number of carbonyl (C=O) groups is 1. The highest BCUT2D eigenvalue weighted by Gasteiger charge is 2.26. The molecule has 0 spiro atoms. The Morgan fingerprint density at radius 1 is 1.19 bits per heavy atom. The van der Waals surface area contributed by atoms with Gasteiger partial charge in [0, 0.05) is 23.4 Å². The van der Waals surface area contributed by atoms with Gasteiger partial charge >= 0.3 is 0 Å². The molecule has 3 N–H and O–H groups in total. The van der Waals surface area contributed by atoms with Crippen molar-refractivity contribution in [2.75, 3.05) is 24.1 Å². The number of piperidine rings is 1. The lowest BCUT2D eigenvalue weighted by Gasteiger charge is -2.28. The molecule has 0 saturated carbocycles. The van der Waals surface area contributed by atoms with E-state index in [4.69, 9.17) is 10.8 Å². The molecule has 1 atom stereocenters. The van der Waals surface area contributed by atoms with E-state index >= 15 is 0 Å².